The van der Waals surface area contributed by atoms with Gasteiger partial charge in [0, 0.05) is 17.9 Å². The summed E-state index contributed by atoms with van der Waals surface area (Å²) in [5.74, 6) is 2.46. The van der Waals surface area contributed by atoms with E-state index in [1.54, 1.807) is 0 Å². The molecule has 0 saturated heterocycles. The van der Waals surface area contributed by atoms with Crippen molar-refractivity contribution in [3.8, 4) is 0 Å². The second-order valence-electron chi connectivity index (χ2n) is 11.6. The number of nitrogens with one attached hydrogen (secondary N) is 1. The fourth-order valence-electron chi connectivity index (χ4n) is 7.64. The van der Waals surface area contributed by atoms with Crippen LogP contribution in [0.1, 0.15) is 86.0 Å². The van der Waals surface area contributed by atoms with Gasteiger partial charge in [-0.15, -0.1) is 0 Å². The van der Waals surface area contributed by atoms with Gasteiger partial charge in [-0.2, -0.15) is 0 Å². The molecule has 4 nitrogen and oxygen atoms in total. The number of Topliss-reactive ketones (excluding diaryl/α,β-unsaturated/α-hetero) is 1. The van der Waals surface area contributed by atoms with Crippen LogP contribution in [0.5, 0.6) is 0 Å². The average molecular weight is 387 g/mol. The number of hydrogen-bond acceptors (Lipinski definition) is 3. The van der Waals surface area contributed by atoms with Gasteiger partial charge < -0.3 is 11.1 Å². The van der Waals surface area contributed by atoms with Crippen molar-refractivity contribution in [1.82, 2.24) is 5.32 Å². The van der Waals surface area contributed by atoms with Gasteiger partial charge in [0.2, 0.25) is 5.91 Å². The van der Waals surface area contributed by atoms with E-state index in [4.69, 9.17) is 5.73 Å². The molecule has 6 atom stereocenters. The van der Waals surface area contributed by atoms with Crippen LogP contribution in [0.3, 0.4) is 0 Å². The molecule has 0 heterocycles. The molecule has 1 unspecified atom stereocenters. The Kier molecular flexibility index (Phi) is 4.52. The highest BCUT2D eigenvalue weighted by Crippen LogP contribution is 2.66. The first-order valence-electron chi connectivity index (χ1n) is 11.3. The summed E-state index contributed by atoms with van der Waals surface area (Å²) in [7, 11) is 0. The number of amides is 1. The molecule has 4 heteroatoms. The van der Waals surface area contributed by atoms with Crippen LogP contribution in [0.2, 0.25) is 0 Å². The Labute approximate surface area is 170 Å². The van der Waals surface area contributed by atoms with Gasteiger partial charge in [-0.3, -0.25) is 9.59 Å². The van der Waals surface area contributed by atoms with Crippen LogP contribution in [0, 0.1) is 34.5 Å². The fourth-order valence-corrected chi connectivity index (χ4v) is 7.64. The summed E-state index contributed by atoms with van der Waals surface area (Å²) >= 11 is 0. The number of allylic oxidation sites excluding steroid dienone is 1. The number of carbonyl (C=O) groups is 2. The quantitative estimate of drug-likeness (QED) is 0.704. The Balaban J connectivity index is 1.61. The molecule has 3 saturated carbocycles. The first kappa shape index (κ1) is 20.0. The molecule has 0 bridgehead atoms. The maximum absolute atomic E-state index is 13.1. The van der Waals surface area contributed by atoms with Gasteiger partial charge in [-0.05, 0) is 99.9 Å². The monoisotopic (exact) mass is 386 g/mol. The molecule has 4 rings (SSSR count). The van der Waals surface area contributed by atoms with Crippen molar-refractivity contribution in [3.63, 3.8) is 0 Å². The topological polar surface area (TPSA) is 72.2 Å². The van der Waals surface area contributed by atoms with E-state index in [0.717, 1.165) is 32.1 Å². The Morgan fingerprint density at radius 1 is 1.04 bits per heavy atom. The lowest BCUT2D eigenvalue weighted by molar-refractivity contribution is -0.134. The lowest BCUT2D eigenvalue weighted by Gasteiger charge is -2.58. The van der Waals surface area contributed by atoms with E-state index in [1.807, 2.05) is 0 Å². The number of fused-ring (bicyclic) bond motifs is 5. The Hall–Kier alpha value is -1.32. The summed E-state index contributed by atoms with van der Waals surface area (Å²) in [6.45, 7) is 11.0. The van der Waals surface area contributed by atoms with E-state index in [1.165, 1.54) is 18.4 Å². The number of ketones is 1. The zero-order valence-corrected chi connectivity index (χ0v) is 18.4. The van der Waals surface area contributed by atoms with Crippen molar-refractivity contribution >= 4 is 11.7 Å². The predicted molar refractivity (Wildman–Crippen MR) is 111 cm³/mol. The zero-order valence-electron chi connectivity index (χ0n) is 18.4. The fraction of sp³-hybridized carbons (Fsp3) is 0.833. The molecule has 0 aromatic carbocycles. The summed E-state index contributed by atoms with van der Waals surface area (Å²) in [5, 5.41) is 3.25. The van der Waals surface area contributed by atoms with E-state index in [2.05, 4.69) is 39.9 Å². The van der Waals surface area contributed by atoms with E-state index in [9.17, 15) is 9.59 Å². The summed E-state index contributed by atoms with van der Waals surface area (Å²) in [6, 6.07) is 0. The third-order valence-corrected chi connectivity index (χ3v) is 8.98. The third kappa shape index (κ3) is 2.85. The van der Waals surface area contributed by atoms with Crippen LogP contribution < -0.4 is 11.1 Å². The first-order chi connectivity index (χ1) is 13.0. The summed E-state index contributed by atoms with van der Waals surface area (Å²) < 4.78 is 0. The van der Waals surface area contributed by atoms with E-state index < -0.39 is 0 Å². The smallest absolute Gasteiger partial charge is 0.224 e. The standard InChI is InChI=1S/C24H38N2O2/c1-22(2,3)26-21(28)18-9-8-15-14-6-7-17-20(25)19(27)11-13-23(17,4)16(14)10-12-24(15,18)5/h14-16,18H,6-13,25H2,1-5H3,(H,26,28)/t14-,15-,16-,18?,23+,24-/m0/s1. The Bertz CT molecular complexity index is 733. The van der Waals surface area contributed by atoms with Crippen LogP contribution in [0.25, 0.3) is 0 Å². The molecule has 156 valence electrons. The molecule has 4 aliphatic carbocycles. The Morgan fingerprint density at radius 3 is 2.43 bits per heavy atom. The first-order valence-corrected chi connectivity index (χ1v) is 11.3. The van der Waals surface area contributed by atoms with Crippen LogP contribution in [-0.2, 0) is 9.59 Å². The maximum Gasteiger partial charge on any atom is 0.224 e. The molecule has 0 aliphatic heterocycles. The molecule has 0 radical (unpaired) electrons. The minimum Gasteiger partial charge on any atom is -0.396 e. The van der Waals surface area contributed by atoms with Crippen molar-refractivity contribution in [2.45, 2.75) is 91.5 Å². The highest BCUT2D eigenvalue weighted by molar-refractivity contribution is 5.96. The molecular weight excluding hydrogens is 348 g/mol. The molecule has 0 aromatic heterocycles. The minimum absolute atomic E-state index is 0.0913. The molecule has 1 amide bonds. The number of nitrogens with two attached hydrogens (primary N) is 1. The average Bonchev–Trinajstić information content (AvgIpc) is 2.94. The third-order valence-electron chi connectivity index (χ3n) is 8.98. The van der Waals surface area contributed by atoms with E-state index in [0.29, 0.717) is 29.9 Å². The molecule has 3 N–H and O–H groups in total. The highest BCUT2D eigenvalue weighted by Gasteiger charge is 2.60. The number of rotatable bonds is 1. The second-order valence-corrected chi connectivity index (χ2v) is 11.6. The highest BCUT2D eigenvalue weighted by atomic mass is 16.2. The van der Waals surface area contributed by atoms with Gasteiger partial charge in [0.05, 0.1) is 5.70 Å². The Morgan fingerprint density at radius 2 is 1.75 bits per heavy atom. The van der Waals surface area contributed by atoms with Crippen LogP contribution >= 0.6 is 0 Å². The lowest BCUT2D eigenvalue weighted by atomic mass is 9.46. The van der Waals surface area contributed by atoms with Crippen LogP contribution in [0.4, 0.5) is 0 Å². The SMILES string of the molecule is CC(C)(C)NC(=O)C1CC[C@H]2[C@@H]3CCC4=C(N)C(=O)CC[C@]4(C)[C@H]3CC[C@]12C. The van der Waals surface area contributed by atoms with Gasteiger partial charge in [0.25, 0.3) is 0 Å². The van der Waals surface area contributed by atoms with Crippen molar-refractivity contribution in [1.29, 1.82) is 0 Å². The van der Waals surface area contributed by atoms with Crippen LogP contribution in [0.15, 0.2) is 11.3 Å². The molecule has 0 aromatic rings. The van der Waals surface area contributed by atoms with Gasteiger partial charge in [0.15, 0.2) is 5.78 Å². The summed E-state index contributed by atoms with van der Waals surface area (Å²) in [6.07, 6.45) is 8.15. The molecule has 28 heavy (non-hydrogen) atoms. The summed E-state index contributed by atoms with van der Waals surface area (Å²) in [5.41, 5.74) is 8.14. The largest absolute Gasteiger partial charge is 0.396 e. The molecule has 3 fully saturated rings. The maximum atomic E-state index is 13.1. The molecular formula is C24H38N2O2. The van der Waals surface area contributed by atoms with Crippen molar-refractivity contribution < 1.29 is 9.59 Å². The van der Waals surface area contributed by atoms with Crippen molar-refractivity contribution in [3.05, 3.63) is 11.3 Å². The molecule has 4 aliphatic rings. The van der Waals surface area contributed by atoms with Gasteiger partial charge >= 0.3 is 0 Å². The van der Waals surface area contributed by atoms with Crippen molar-refractivity contribution in [2.75, 3.05) is 0 Å². The van der Waals surface area contributed by atoms with Crippen molar-refractivity contribution in [2.24, 2.45) is 40.2 Å². The van der Waals surface area contributed by atoms with E-state index in [-0.39, 0.29) is 34.0 Å². The van der Waals surface area contributed by atoms with E-state index >= 15 is 0 Å². The second kappa shape index (κ2) is 6.34. The normalized spacial score (nSPS) is 43.2. The number of carbonyl (C=O) groups excluding carboxylic acids is 2. The lowest BCUT2D eigenvalue weighted by Crippen LogP contribution is -2.53. The number of hydrogen-bond donors (Lipinski definition) is 2. The van der Waals surface area contributed by atoms with Crippen LogP contribution in [-0.4, -0.2) is 17.2 Å². The molecule has 0 spiro atoms. The minimum atomic E-state index is -0.174. The van der Waals surface area contributed by atoms with Gasteiger partial charge in [-0.1, -0.05) is 13.8 Å². The predicted octanol–water partition coefficient (Wildman–Crippen LogP) is 4.34. The zero-order chi connectivity index (χ0) is 20.5. The summed E-state index contributed by atoms with van der Waals surface area (Å²) in [4.78, 5) is 25.3. The van der Waals surface area contributed by atoms with Gasteiger partial charge in [0.1, 0.15) is 0 Å². The van der Waals surface area contributed by atoms with Gasteiger partial charge in [-0.25, -0.2) is 0 Å².